The van der Waals surface area contributed by atoms with E-state index in [1.54, 1.807) is 6.20 Å². The standard InChI is InChI=1S/C16H21N5OS/c1-12-10-18-16(23-12)20-15(22)19-14-4-8-21(9-5-14)11-13-2-6-17-7-3-13/h2-3,6-7,10,14H,4-5,8-9,11H2,1H3,(H2,18,19,20,22). The van der Waals surface area contributed by atoms with Gasteiger partial charge in [-0.25, -0.2) is 9.78 Å². The van der Waals surface area contributed by atoms with Gasteiger partial charge in [-0.1, -0.05) is 0 Å². The number of piperidine rings is 1. The number of hydrogen-bond donors (Lipinski definition) is 2. The number of carbonyl (C=O) groups is 1. The van der Waals surface area contributed by atoms with Crippen LogP contribution in [0.15, 0.2) is 30.7 Å². The van der Waals surface area contributed by atoms with Gasteiger partial charge in [-0.2, -0.15) is 0 Å². The maximum Gasteiger partial charge on any atom is 0.321 e. The zero-order valence-corrected chi connectivity index (χ0v) is 14.0. The van der Waals surface area contributed by atoms with E-state index in [2.05, 4.69) is 25.5 Å². The van der Waals surface area contributed by atoms with E-state index >= 15 is 0 Å². The molecule has 3 rings (SSSR count). The SMILES string of the molecule is Cc1cnc(NC(=O)NC2CCN(Cc3ccncc3)CC2)s1. The van der Waals surface area contributed by atoms with Gasteiger partial charge in [-0.3, -0.25) is 15.2 Å². The minimum Gasteiger partial charge on any atom is -0.335 e. The normalized spacial score (nSPS) is 16.2. The summed E-state index contributed by atoms with van der Waals surface area (Å²) in [7, 11) is 0. The lowest BCUT2D eigenvalue weighted by Gasteiger charge is -2.32. The number of thiazole rings is 1. The summed E-state index contributed by atoms with van der Waals surface area (Å²) in [5.41, 5.74) is 1.28. The molecule has 0 atom stereocenters. The Hall–Kier alpha value is -1.99. The first-order valence-corrected chi connectivity index (χ1v) is 8.62. The molecule has 0 bridgehead atoms. The van der Waals surface area contributed by atoms with Gasteiger partial charge < -0.3 is 5.32 Å². The van der Waals surface area contributed by atoms with Crippen LogP contribution in [0.25, 0.3) is 0 Å². The summed E-state index contributed by atoms with van der Waals surface area (Å²) in [5.74, 6) is 0. The maximum absolute atomic E-state index is 12.0. The number of hydrogen-bond acceptors (Lipinski definition) is 5. The van der Waals surface area contributed by atoms with E-state index in [9.17, 15) is 4.79 Å². The Morgan fingerprint density at radius 3 is 2.74 bits per heavy atom. The van der Waals surface area contributed by atoms with Crippen LogP contribution in [0.4, 0.5) is 9.93 Å². The van der Waals surface area contributed by atoms with Crippen molar-refractivity contribution in [1.29, 1.82) is 0 Å². The van der Waals surface area contributed by atoms with Gasteiger partial charge in [0, 0.05) is 49.1 Å². The highest BCUT2D eigenvalue weighted by molar-refractivity contribution is 7.15. The smallest absolute Gasteiger partial charge is 0.321 e. The summed E-state index contributed by atoms with van der Waals surface area (Å²) in [6.07, 6.45) is 7.35. The molecule has 23 heavy (non-hydrogen) atoms. The van der Waals surface area contributed by atoms with E-state index in [-0.39, 0.29) is 12.1 Å². The number of likely N-dealkylation sites (tertiary alicyclic amines) is 1. The third-order valence-corrected chi connectivity index (χ3v) is 4.75. The fourth-order valence-corrected chi connectivity index (χ4v) is 3.37. The largest absolute Gasteiger partial charge is 0.335 e. The molecule has 0 radical (unpaired) electrons. The number of aromatic nitrogens is 2. The van der Waals surface area contributed by atoms with Crippen molar-refractivity contribution < 1.29 is 4.79 Å². The minimum atomic E-state index is -0.160. The number of urea groups is 1. The molecule has 2 aromatic heterocycles. The molecule has 6 nitrogen and oxygen atoms in total. The van der Waals surface area contributed by atoms with Gasteiger partial charge in [0.05, 0.1) is 0 Å². The number of rotatable bonds is 4. The number of nitrogens with zero attached hydrogens (tertiary/aromatic N) is 3. The number of nitrogens with one attached hydrogen (secondary N) is 2. The van der Waals surface area contributed by atoms with Crippen LogP contribution in [0.1, 0.15) is 23.3 Å². The van der Waals surface area contributed by atoms with E-state index in [1.165, 1.54) is 16.9 Å². The summed E-state index contributed by atoms with van der Waals surface area (Å²) in [6.45, 7) is 4.90. The molecule has 7 heteroatoms. The molecule has 0 saturated carbocycles. The summed E-state index contributed by atoms with van der Waals surface area (Å²) < 4.78 is 0. The summed E-state index contributed by atoms with van der Waals surface area (Å²) in [6, 6.07) is 4.17. The molecule has 3 heterocycles. The average Bonchev–Trinajstić information content (AvgIpc) is 2.95. The van der Waals surface area contributed by atoms with Crippen LogP contribution in [-0.2, 0) is 6.54 Å². The van der Waals surface area contributed by atoms with Crippen LogP contribution in [0.2, 0.25) is 0 Å². The zero-order chi connectivity index (χ0) is 16.1. The second-order valence-corrected chi connectivity index (χ2v) is 7.02. The number of carbonyl (C=O) groups excluding carboxylic acids is 1. The lowest BCUT2D eigenvalue weighted by atomic mass is 10.0. The molecule has 1 fully saturated rings. The van der Waals surface area contributed by atoms with Crippen LogP contribution >= 0.6 is 11.3 Å². The van der Waals surface area contributed by atoms with Crippen molar-refractivity contribution in [2.24, 2.45) is 0 Å². The molecule has 1 saturated heterocycles. The lowest BCUT2D eigenvalue weighted by molar-refractivity contribution is 0.190. The maximum atomic E-state index is 12.0. The van der Waals surface area contributed by atoms with Crippen LogP contribution < -0.4 is 10.6 Å². The third-order valence-electron chi connectivity index (χ3n) is 3.92. The van der Waals surface area contributed by atoms with Gasteiger partial charge >= 0.3 is 6.03 Å². The van der Waals surface area contributed by atoms with Crippen LogP contribution in [0.3, 0.4) is 0 Å². The molecule has 0 unspecified atom stereocenters. The van der Waals surface area contributed by atoms with Crippen molar-refractivity contribution in [3.05, 3.63) is 41.2 Å². The Bertz CT molecular complexity index is 637. The first-order chi connectivity index (χ1) is 11.2. The second kappa shape index (κ2) is 7.52. The van der Waals surface area contributed by atoms with Crippen LogP contribution in [0, 0.1) is 6.92 Å². The van der Waals surface area contributed by atoms with Crippen molar-refractivity contribution in [1.82, 2.24) is 20.2 Å². The van der Waals surface area contributed by atoms with E-state index in [1.807, 2.05) is 31.5 Å². The predicted molar refractivity (Wildman–Crippen MR) is 91.5 cm³/mol. The van der Waals surface area contributed by atoms with Gasteiger partial charge in [0.15, 0.2) is 5.13 Å². The number of aryl methyl sites for hydroxylation is 1. The van der Waals surface area contributed by atoms with Gasteiger partial charge in [0.1, 0.15) is 0 Å². The number of anilines is 1. The Balaban J connectivity index is 1.41. The van der Waals surface area contributed by atoms with Crippen molar-refractivity contribution in [3.8, 4) is 0 Å². The van der Waals surface area contributed by atoms with Gasteiger partial charge in [0.2, 0.25) is 0 Å². The van der Waals surface area contributed by atoms with Gasteiger partial charge in [0.25, 0.3) is 0 Å². The molecule has 0 spiro atoms. The van der Waals surface area contributed by atoms with E-state index in [0.29, 0.717) is 5.13 Å². The van der Waals surface area contributed by atoms with Gasteiger partial charge in [-0.15, -0.1) is 11.3 Å². The van der Waals surface area contributed by atoms with Gasteiger partial charge in [-0.05, 0) is 37.5 Å². The van der Waals surface area contributed by atoms with E-state index < -0.39 is 0 Å². The predicted octanol–water partition coefficient (Wildman–Crippen LogP) is 2.63. The molecule has 1 aliphatic rings. The van der Waals surface area contributed by atoms with E-state index in [0.717, 1.165) is 37.4 Å². The number of amides is 2. The Kier molecular flexibility index (Phi) is 5.19. The highest BCUT2D eigenvalue weighted by Gasteiger charge is 2.21. The van der Waals surface area contributed by atoms with Crippen LogP contribution in [0.5, 0.6) is 0 Å². The monoisotopic (exact) mass is 331 g/mol. The highest BCUT2D eigenvalue weighted by Crippen LogP contribution is 2.17. The third kappa shape index (κ3) is 4.74. The highest BCUT2D eigenvalue weighted by atomic mass is 32.1. The molecule has 2 aromatic rings. The molecular formula is C16H21N5OS. The fourth-order valence-electron chi connectivity index (χ4n) is 2.71. The molecular weight excluding hydrogens is 310 g/mol. The first-order valence-electron chi connectivity index (χ1n) is 7.80. The molecule has 2 amide bonds. The van der Waals surface area contributed by atoms with Crippen molar-refractivity contribution >= 4 is 22.5 Å². The summed E-state index contributed by atoms with van der Waals surface area (Å²) in [5, 5.41) is 6.49. The topological polar surface area (TPSA) is 70.2 Å². The molecule has 2 N–H and O–H groups in total. The second-order valence-electron chi connectivity index (χ2n) is 5.78. The van der Waals surface area contributed by atoms with Crippen molar-refractivity contribution in [3.63, 3.8) is 0 Å². The molecule has 122 valence electrons. The van der Waals surface area contributed by atoms with Crippen LogP contribution in [-0.4, -0.2) is 40.0 Å². The zero-order valence-electron chi connectivity index (χ0n) is 13.2. The minimum absolute atomic E-state index is 0.160. The lowest BCUT2D eigenvalue weighted by Crippen LogP contribution is -2.45. The average molecular weight is 331 g/mol. The van der Waals surface area contributed by atoms with E-state index in [4.69, 9.17) is 0 Å². The number of pyridine rings is 1. The summed E-state index contributed by atoms with van der Waals surface area (Å²) in [4.78, 5) is 23.7. The quantitative estimate of drug-likeness (QED) is 0.903. The molecule has 1 aliphatic heterocycles. The fraction of sp³-hybridized carbons (Fsp3) is 0.438. The Morgan fingerprint density at radius 2 is 2.09 bits per heavy atom. The first kappa shape index (κ1) is 15.9. The van der Waals surface area contributed by atoms with Crippen molar-refractivity contribution in [2.45, 2.75) is 32.4 Å². The molecule has 0 aliphatic carbocycles. The Labute approximate surface area is 140 Å². The summed E-state index contributed by atoms with van der Waals surface area (Å²) >= 11 is 1.48. The Morgan fingerprint density at radius 1 is 1.35 bits per heavy atom. The van der Waals surface area contributed by atoms with Crippen molar-refractivity contribution in [2.75, 3.05) is 18.4 Å². The molecule has 0 aromatic carbocycles.